The second-order valence-electron chi connectivity index (χ2n) is 7.12. The van der Waals surface area contributed by atoms with Gasteiger partial charge in [0.05, 0.1) is 10.5 Å². The molecule has 0 saturated heterocycles. The van der Waals surface area contributed by atoms with Crippen LogP contribution in [0.3, 0.4) is 0 Å². The Morgan fingerprint density at radius 3 is 2.84 bits per heavy atom. The number of halogens is 1. The first kappa shape index (κ1) is 21.2. The smallest absolute Gasteiger partial charge is 0.312 e. The lowest BCUT2D eigenvalue weighted by molar-refractivity contribution is -0.385. The average molecular weight is 497 g/mol. The Morgan fingerprint density at radius 2 is 2.13 bits per heavy atom. The summed E-state index contributed by atoms with van der Waals surface area (Å²) >= 11 is 4.67. The molecular weight excluding hydrogens is 480 g/mol. The van der Waals surface area contributed by atoms with Crippen LogP contribution in [0.15, 0.2) is 51.9 Å². The van der Waals surface area contributed by atoms with Crippen molar-refractivity contribution in [3.8, 4) is 11.8 Å². The molecule has 31 heavy (non-hydrogen) atoms. The van der Waals surface area contributed by atoms with E-state index in [9.17, 15) is 20.5 Å². The molecular formula is C22H17BrN4O3S. The highest BCUT2D eigenvalue weighted by molar-refractivity contribution is 9.10. The molecule has 0 unspecified atom stereocenters. The van der Waals surface area contributed by atoms with Gasteiger partial charge in [-0.2, -0.15) is 5.26 Å². The molecule has 4 rings (SSSR count). The number of phenols is 1. The SMILES string of the molecule is N#Cc1c(/N=C/c2cc(Br)cc([N+](=O)[O-])c2O)sc2c1CCN(Cc1ccccc1)C2. The van der Waals surface area contributed by atoms with Crippen LogP contribution >= 0.6 is 27.3 Å². The fourth-order valence-electron chi connectivity index (χ4n) is 3.60. The van der Waals surface area contributed by atoms with Crippen LogP contribution in [-0.2, 0) is 19.5 Å². The van der Waals surface area contributed by atoms with Crippen LogP contribution in [0.4, 0.5) is 10.7 Å². The number of hydrogen-bond acceptors (Lipinski definition) is 7. The maximum Gasteiger partial charge on any atom is 0.312 e. The van der Waals surface area contributed by atoms with Crippen molar-refractivity contribution in [3.05, 3.63) is 84.2 Å². The Kier molecular flexibility index (Phi) is 6.13. The van der Waals surface area contributed by atoms with Crippen LogP contribution in [0.2, 0.25) is 0 Å². The van der Waals surface area contributed by atoms with Gasteiger partial charge in [0, 0.05) is 46.8 Å². The summed E-state index contributed by atoms with van der Waals surface area (Å²) in [7, 11) is 0. The normalized spacial score (nSPS) is 13.8. The number of nitro groups is 1. The number of benzene rings is 2. The summed E-state index contributed by atoms with van der Waals surface area (Å²) in [6.45, 7) is 2.44. The van der Waals surface area contributed by atoms with Gasteiger partial charge in [0.15, 0.2) is 0 Å². The maximum atomic E-state index is 11.1. The van der Waals surface area contributed by atoms with Gasteiger partial charge in [-0.05, 0) is 23.6 Å². The van der Waals surface area contributed by atoms with E-state index in [0.29, 0.717) is 15.0 Å². The number of aromatic hydroxyl groups is 1. The Bertz CT molecular complexity index is 1220. The van der Waals surface area contributed by atoms with Gasteiger partial charge in [0.25, 0.3) is 0 Å². The standard InChI is InChI=1S/C22H17BrN4O3S/c23-16-8-15(21(28)19(9-16)27(29)30)11-25-22-18(10-24)17-6-7-26(13-20(17)31-22)12-14-4-2-1-3-5-14/h1-5,8-9,11,28H,6-7,12-13H2/b25-11+. The number of hydrogen-bond donors (Lipinski definition) is 1. The molecule has 0 aliphatic carbocycles. The van der Waals surface area contributed by atoms with Crippen molar-refractivity contribution in [2.75, 3.05) is 6.54 Å². The Morgan fingerprint density at radius 1 is 1.35 bits per heavy atom. The average Bonchev–Trinajstić information content (AvgIpc) is 3.11. The molecule has 0 amide bonds. The lowest BCUT2D eigenvalue weighted by Crippen LogP contribution is -2.29. The highest BCUT2D eigenvalue weighted by Gasteiger charge is 2.24. The maximum absolute atomic E-state index is 11.1. The molecule has 1 N–H and O–H groups in total. The molecule has 9 heteroatoms. The summed E-state index contributed by atoms with van der Waals surface area (Å²) in [6, 6.07) is 15.3. The van der Waals surface area contributed by atoms with Gasteiger partial charge in [-0.3, -0.25) is 15.0 Å². The third-order valence-corrected chi connectivity index (χ3v) is 6.66. The number of nitriles is 1. The molecule has 0 spiro atoms. The Labute approximate surface area is 191 Å². The minimum Gasteiger partial charge on any atom is -0.502 e. The molecule has 156 valence electrons. The van der Waals surface area contributed by atoms with E-state index in [2.05, 4.69) is 44.0 Å². The van der Waals surface area contributed by atoms with E-state index >= 15 is 0 Å². The number of rotatable bonds is 5. The van der Waals surface area contributed by atoms with Crippen molar-refractivity contribution < 1.29 is 10.0 Å². The van der Waals surface area contributed by atoms with Gasteiger partial charge >= 0.3 is 5.69 Å². The van der Waals surface area contributed by atoms with Crippen LogP contribution < -0.4 is 0 Å². The zero-order valence-corrected chi connectivity index (χ0v) is 18.7. The van der Waals surface area contributed by atoms with Crippen LogP contribution in [-0.4, -0.2) is 27.7 Å². The monoisotopic (exact) mass is 496 g/mol. The molecule has 1 aliphatic rings. The van der Waals surface area contributed by atoms with Gasteiger partial charge in [-0.1, -0.05) is 46.3 Å². The van der Waals surface area contributed by atoms with E-state index in [-0.39, 0.29) is 5.56 Å². The number of aliphatic imine (C=N–C) groups is 1. The molecule has 0 radical (unpaired) electrons. The van der Waals surface area contributed by atoms with Crippen molar-refractivity contribution in [1.29, 1.82) is 5.26 Å². The lowest BCUT2D eigenvalue weighted by atomic mass is 10.0. The van der Waals surface area contributed by atoms with Gasteiger partial charge in [-0.25, -0.2) is 4.99 Å². The minimum absolute atomic E-state index is 0.210. The van der Waals surface area contributed by atoms with E-state index in [4.69, 9.17) is 0 Å². The summed E-state index contributed by atoms with van der Waals surface area (Å²) in [5.74, 6) is -0.453. The van der Waals surface area contributed by atoms with Crippen LogP contribution in [0, 0.1) is 21.4 Å². The van der Waals surface area contributed by atoms with E-state index in [1.807, 2.05) is 18.2 Å². The van der Waals surface area contributed by atoms with E-state index < -0.39 is 16.4 Å². The van der Waals surface area contributed by atoms with E-state index in [1.165, 1.54) is 29.2 Å². The Hall–Kier alpha value is -3.06. The van der Waals surface area contributed by atoms with Gasteiger partial charge < -0.3 is 5.11 Å². The summed E-state index contributed by atoms with van der Waals surface area (Å²) in [5.41, 5.74) is 2.61. The molecule has 1 aliphatic heterocycles. The predicted octanol–water partition coefficient (Wildman–Crippen LogP) is 5.30. The van der Waals surface area contributed by atoms with E-state index in [1.54, 1.807) is 6.07 Å². The third kappa shape index (κ3) is 4.51. The lowest BCUT2D eigenvalue weighted by Gasteiger charge is -2.26. The molecule has 0 atom stereocenters. The van der Waals surface area contributed by atoms with Crippen molar-refractivity contribution in [2.24, 2.45) is 4.99 Å². The number of nitrogens with zero attached hydrogens (tertiary/aromatic N) is 4. The first-order valence-electron chi connectivity index (χ1n) is 9.48. The zero-order chi connectivity index (χ0) is 22.0. The number of thiophene rings is 1. The molecule has 7 nitrogen and oxygen atoms in total. The largest absolute Gasteiger partial charge is 0.502 e. The molecule has 0 bridgehead atoms. The van der Waals surface area contributed by atoms with Crippen molar-refractivity contribution in [2.45, 2.75) is 19.5 Å². The summed E-state index contributed by atoms with van der Waals surface area (Å²) in [6.07, 6.45) is 2.14. The molecule has 2 aromatic carbocycles. The second-order valence-corrected chi connectivity index (χ2v) is 9.12. The van der Waals surface area contributed by atoms with Gasteiger partial charge in [-0.15, -0.1) is 11.3 Å². The zero-order valence-electron chi connectivity index (χ0n) is 16.3. The van der Waals surface area contributed by atoms with Gasteiger partial charge in [0.1, 0.15) is 11.1 Å². The second kappa shape index (κ2) is 8.98. The van der Waals surface area contributed by atoms with Crippen LogP contribution in [0.1, 0.15) is 27.1 Å². The molecule has 1 aromatic heterocycles. The minimum atomic E-state index is -0.649. The van der Waals surface area contributed by atoms with Gasteiger partial charge in [0.2, 0.25) is 5.75 Å². The van der Waals surface area contributed by atoms with E-state index in [0.717, 1.165) is 36.5 Å². The molecule has 0 fully saturated rings. The molecule has 0 saturated carbocycles. The van der Waals surface area contributed by atoms with Crippen LogP contribution in [0.25, 0.3) is 0 Å². The number of phenolic OH excluding ortho intramolecular Hbond substituents is 1. The third-order valence-electron chi connectivity index (χ3n) is 5.08. The number of fused-ring (bicyclic) bond motifs is 1. The topological polar surface area (TPSA) is 103 Å². The summed E-state index contributed by atoms with van der Waals surface area (Å²) < 4.78 is 0.459. The fourth-order valence-corrected chi connectivity index (χ4v) is 5.24. The molecule has 3 aromatic rings. The van der Waals surface area contributed by atoms with Crippen molar-refractivity contribution in [3.63, 3.8) is 0 Å². The fraction of sp³-hybridized carbons (Fsp3) is 0.182. The quantitative estimate of drug-likeness (QED) is 0.293. The first-order chi connectivity index (χ1) is 15.0. The highest BCUT2D eigenvalue weighted by atomic mass is 79.9. The van der Waals surface area contributed by atoms with Crippen molar-refractivity contribution in [1.82, 2.24) is 4.90 Å². The predicted molar refractivity (Wildman–Crippen MR) is 123 cm³/mol. The summed E-state index contributed by atoms with van der Waals surface area (Å²) in [5, 5.41) is 31.6. The Balaban J connectivity index is 1.61. The van der Waals surface area contributed by atoms with Crippen LogP contribution in [0.5, 0.6) is 5.75 Å². The first-order valence-corrected chi connectivity index (χ1v) is 11.1. The van der Waals surface area contributed by atoms with Crippen molar-refractivity contribution >= 4 is 44.2 Å². The highest BCUT2D eigenvalue weighted by Crippen LogP contribution is 2.39. The number of nitro benzene ring substituents is 1. The molecule has 2 heterocycles. The summed E-state index contributed by atoms with van der Waals surface area (Å²) in [4.78, 5) is 18.3.